The van der Waals surface area contributed by atoms with Gasteiger partial charge in [-0.15, -0.1) is 12.3 Å². The van der Waals surface area contributed by atoms with Crippen molar-refractivity contribution in [3.05, 3.63) is 108 Å². The summed E-state index contributed by atoms with van der Waals surface area (Å²) in [7, 11) is 0. The smallest absolute Gasteiger partial charge is 0.257 e. The molecular formula is C34H43N5O. The Morgan fingerprint density at radius 2 is 1.73 bits per heavy atom. The molecule has 0 amide bonds. The summed E-state index contributed by atoms with van der Waals surface area (Å²) in [6, 6.07) is 3.56. The van der Waals surface area contributed by atoms with Crippen LogP contribution < -0.4 is 10.6 Å². The molecule has 0 unspecified atom stereocenters. The molecule has 0 aromatic carbocycles. The van der Waals surface area contributed by atoms with Gasteiger partial charge in [-0.1, -0.05) is 56.7 Å². The van der Waals surface area contributed by atoms with Crippen LogP contribution >= 0.6 is 0 Å². The summed E-state index contributed by atoms with van der Waals surface area (Å²) in [5.41, 5.74) is 7.81. The van der Waals surface area contributed by atoms with Gasteiger partial charge in [0, 0.05) is 42.2 Å². The summed E-state index contributed by atoms with van der Waals surface area (Å²) in [5, 5.41) is 23.6. The van der Waals surface area contributed by atoms with E-state index in [1.807, 2.05) is 32.9 Å². The van der Waals surface area contributed by atoms with Crippen LogP contribution in [0.15, 0.2) is 113 Å². The fourth-order valence-corrected chi connectivity index (χ4v) is 2.76. The molecule has 0 heterocycles. The number of rotatable bonds is 13. The maximum Gasteiger partial charge on any atom is 0.257 e. The molecule has 1 rings (SSSR count). The molecule has 210 valence electrons. The van der Waals surface area contributed by atoms with Crippen LogP contribution in [-0.2, 0) is 4.79 Å². The third-order valence-corrected chi connectivity index (χ3v) is 5.10. The van der Waals surface area contributed by atoms with Crippen LogP contribution in [0.2, 0.25) is 0 Å². The fraction of sp³-hybridized carbons (Fsp3) is 0.294. The summed E-state index contributed by atoms with van der Waals surface area (Å²) >= 11 is 0. The van der Waals surface area contributed by atoms with Gasteiger partial charge in [0.05, 0.1) is 0 Å². The van der Waals surface area contributed by atoms with E-state index in [9.17, 15) is 4.79 Å². The van der Waals surface area contributed by atoms with Crippen molar-refractivity contribution in [3.63, 3.8) is 0 Å². The second kappa shape index (κ2) is 22.2. The van der Waals surface area contributed by atoms with Crippen LogP contribution in [0, 0.1) is 35.0 Å². The van der Waals surface area contributed by atoms with E-state index in [1.54, 1.807) is 39.0 Å². The Hall–Kier alpha value is -4.86. The predicted molar refractivity (Wildman–Crippen MR) is 170 cm³/mol. The van der Waals surface area contributed by atoms with Crippen LogP contribution in [0.25, 0.3) is 0 Å². The molecule has 40 heavy (non-hydrogen) atoms. The fourth-order valence-electron chi connectivity index (χ4n) is 2.76. The summed E-state index contributed by atoms with van der Waals surface area (Å²) in [6.07, 6.45) is 17.4. The van der Waals surface area contributed by atoms with Crippen LogP contribution in [-0.4, -0.2) is 24.6 Å². The summed E-state index contributed by atoms with van der Waals surface area (Å²) in [5.74, 6) is 1.72. The van der Waals surface area contributed by atoms with Gasteiger partial charge in [0.1, 0.15) is 17.8 Å². The maximum absolute atomic E-state index is 11.3. The first-order chi connectivity index (χ1) is 18.9. The first-order valence-electron chi connectivity index (χ1n) is 12.7. The second-order valence-electron chi connectivity index (χ2n) is 8.75. The van der Waals surface area contributed by atoms with Gasteiger partial charge in [-0.05, 0) is 76.3 Å². The lowest BCUT2D eigenvalue weighted by atomic mass is 10.00. The lowest BCUT2D eigenvalue weighted by Crippen LogP contribution is -2.21. The second-order valence-corrected chi connectivity index (χ2v) is 8.75. The Balaban J connectivity index is 0. The van der Waals surface area contributed by atoms with Gasteiger partial charge in [-0.25, -0.2) is 4.99 Å². The lowest BCUT2D eigenvalue weighted by molar-refractivity contribution is -0.110. The molecule has 0 spiro atoms. The van der Waals surface area contributed by atoms with Crippen molar-refractivity contribution in [2.45, 2.75) is 54.4 Å². The van der Waals surface area contributed by atoms with Gasteiger partial charge in [-0.2, -0.15) is 10.5 Å². The van der Waals surface area contributed by atoms with E-state index in [4.69, 9.17) is 10.5 Å². The molecule has 0 fully saturated rings. The van der Waals surface area contributed by atoms with Crippen molar-refractivity contribution < 1.29 is 4.79 Å². The Morgan fingerprint density at radius 1 is 1.12 bits per heavy atom. The molecule has 6 nitrogen and oxygen atoms in total. The number of nitrogens with zero attached hydrogens (tertiary/aromatic N) is 3. The van der Waals surface area contributed by atoms with Crippen LogP contribution in [0.4, 0.5) is 0 Å². The Labute approximate surface area is 242 Å². The Kier molecular flexibility index (Phi) is 20.7. The van der Waals surface area contributed by atoms with Gasteiger partial charge < -0.3 is 10.6 Å². The number of ketones is 1. The molecule has 0 aromatic rings. The van der Waals surface area contributed by atoms with E-state index in [2.05, 4.69) is 72.5 Å². The summed E-state index contributed by atoms with van der Waals surface area (Å²) in [4.78, 5) is 15.2. The van der Waals surface area contributed by atoms with Crippen molar-refractivity contribution in [2.24, 2.45) is 4.99 Å². The normalized spacial score (nSPS) is 12.6. The SMILES string of the molecule is C#CC.C/C=C(/C#N)N=C(C)C.C=C/C(=C\C(=C/C)CNC1=CC(=C)C1)CNC(=C)C(=C)C/C=C(\C)C(=O)C#N. The summed E-state index contributed by atoms with van der Waals surface area (Å²) < 4.78 is 0. The van der Waals surface area contributed by atoms with E-state index in [0.29, 0.717) is 29.9 Å². The molecule has 0 radical (unpaired) electrons. The zero-order valence-electron chi connectivity index (χ0n) is 24.9. The van der Waals surface area contributed by atoms with E-state index in [-0.39, 0.29) is 0 Å². The van der Waals surface area contributed by atoms with Crippen molar-refractivity contribution >= 4 is 11.5 Å². The highest BCUT2D eigenvalue weighted by molar-refractivity contribution is 6.06. The molecule has 1 aliphatic rings. The summed E-state index contributed by atoms with van der Waals surface area (Å²) in [6.45, 7) is 27.9. The molecule has 0 aromatic heterocycles. The lowest BCUT2D eigenvalue weighted by Gasteiger charge is -2.19. The van der Waals surface area contributed by atoms with E-state index in [0.717, 1.165) is 41.0 Å². The van der Waals surface area contributed by atoms with Crippen LogP contribution in [0.1, 0.15) is 54.4 Å². The Morgan fingerprint density at radius 3 is 2.12 bits per heavy atom. The quantitative estimate of drug-likeness (QED) is 0.0651. The molecule has 0 bridgehead atoms. The first kappa shape index (κ1) is 37.3. The molecule has 0 saturated carbocycles. The number of carbonyl (C=O) groups excluding carboxylic acids is 1. The number of Topliss-reactive ketones (excluding diaryl/α,β-unsaturated/α-hetero) is 1. The van der Waals surface area contributed by atoms with Gasteiger partial charge >= 0.3 is 0 Å². The topological polar surface area (TPSA) is 101 Å². The molecule has 6 heteroatoms. The number of hydrogen-bond acceptors (Lipinski definition) is 6. The number of allylic oxidation sites excluding steroid dienone is 8. The minimum Gasteiger partial charge on any atom is -0.384 e. The molecule has 0 aliphatic heterocycles. The predicted octanol–water partition coefficient (Wildman–Crippen LogP) is 7.10. The van der Waals surface area contributed by atoms with E-state index >= 15 is 0 Å². The number of aliphatic imine (C=N–C) groups is 1. The van der Waals surface area contributed by atoms with Crippen molar-refractivity contribution in [1.29, 1.82) is 10.5 Å². The average molecular weight is 538 g/mol. The zero-order chi connectivity index (χ0) is 31.1. The highest BCUT2D eigenvalue weighted by Crippen LogP contribution is 2.20. The molecule has 2 N–H and O–H groups in total. The highest BCUT2D eigenvalue weighted by atomic mass is 16.1. The highest BCUT2D eigenvalue weighted by Gasteiger charge is 2.09. The largest absolute Gasteiger partial charge is 0.384 e. The monoisotopic (exact) mass is 537 g/mol. The van der Waals surface area contributed by atoms with Gasteiger partial charge in [0.2, 0.25) is 0 Å². The maximum atomic E-state index is 11.3. The minimum atomic E-state index is -0.530. The van der Waals surface area contributed by atoms with Gasteiger partial charge in [0.15, 0.2) is 0 Å². The number of nitrogens with one attached hydrogen (secondary N) is 2. The van der Waals surface area contributed by atoms with E-state index in [1.165, 1.54) is 5.70 Å². The zero-order valence-corrected chi connectivity index (χ0v) is 24.9. The van der Waals surface area contributed by atoms with Crippen molar-refractivity contribution in [1.82, 2.24) is 10.6 Å². The number of carbonyl (C=O) groups is 1. The molecule has 1 aliphatic carbocycles. The molecule has 0 saturated heterocycles. The van der Waals surface area contributed by atoms with Crippen LogP contribution in [0.5, 0.6) is 0 Å². The number of hydrogen-bond donors (Lipinski definition) is 2. The van der Waals surface area contributed by atoms with Crippen LogP contribution in [0.3, 0.4) is 0 Å². The molecule has 0 atom stereocenters. The Bertz CT molecular complexity index is 1250. The van der Waals surface area contributed by atoms with Gasteiger partial charge in [-0.3, -0.25) is 4.79 Å². The minimum absolute atomic E-state index is 0.415. The van der Waals surface area contributed by atoms with Gasteiger partial charge in [0.25, 0.3) is 5.78 Å². The third-order valence-electron chi connectivity index (χ3n) is 5.10. The number of terminal acetylenes is 1. The molecular weight excluding hydrogens is 494 g/mol. The number of nitriles is 2. The third kappa shape index (κ3) is 17.6. The van der Waals surface area contributed by atoms with Crippen molar-refractivity contribution in [2.75, 3.05) is 13.1 Å². The van der Waals surface area contributed by atoms with E-state index < -0.39 is 5.78 Å². The first-order valence-corrected chi connectivity index (χ1v) is 12.7. The average Bonchev–Trinajstić information content (AvgIpc) is 2.92. The van der Waals surface area contributed by atoms with Crippen molar-refractivity contribution in [3.8, 4) is 24.5 Å². The standard InChI is InChI=1S/C24H29N3O.C7H10N2.C3H4/c1-7-21(13-22(8-2)16-27-23-11-17(3)12-23)15-26-20(6)18(4)9-10-19(5)24(28)14-25;1-4-7(5-8)9-6(2)3;1-3-2/h7-8,10-11,13,26-27H,1,3-4,6,9,12,15-16H2,2,5H3;4H,1-3H3;1H,2H3/b19-10+,21-13+,22-8+;7-4-;.